The number of hydrogen-bond acceptors (Lipinski definition) is 1. The Kier molecular flexibility index (Phi) is 4.03. The number of nitrogens with zero attached hydrogens (tertiary/aromatic N) is 1. The van der Waals surface area contributed by atoms with Crippen LogP contribution in [0, 0.1) is 11.6 Å². The molecule has 0 N–H and O–H groups in total. The van der Waals surface area contributed by atoms with Crippen molar-refractivity contribution < 1.29 is 13.6 Å². The summed E-state index contributed by atoms with van der Waals surface area (Å²) in [5.41, 5.74) is -0.126. The first kappa shape index (κ1) is 11.9. The molecule has 2 nitrogen and oxygen atoms in total. The summed E-state index contributed by atoms with van der Waals surface area (Å²) in [5.74, 6) is -1.90. The Hall–Kier alpha value is -1.16. The van der Waals surface area contributed by atoms with E-state index in [4.69, 9.17) is 11.6 Å². The van der Waals surface area contributed by atoms with Crippen LogP contribution in [0.3, 0.4) is 0 Å². The molecule has 0 aliphatic rings. The Morgan fingerprint density at radius 1 is 1.40 bits per heavy atom. The number of carbonyl (C=O) groups excluding carboxylic acids is 1. The first-order valence-corrected chi connectivity index (χ1v) is 4.82. The fourth-order valence-corrected chi connectivity index (χ4v) is 1.31. The molecule has 0 saturated carbocycles. The monoisotopic (exact) mass is 233 g/mol. The Balaban J connectivity index is 2.85. The maximum atomic E-state index is 13.2. The van der Waals surface area contributed by atoms with Crippen LogP contribution >= 0.6 is 11.6 Å². The number of carbonyl (C=O) groups is 1. The molecule has 82 valence electrons. The fraction of sp³-hybridized carbons (Fsp3) is 0.300. The van der Waals surface area contributed by atoms with Crippen molar-refractivity contribution in [3.05, 3.63) is 35.4 Å². The number of benzene rings is 1. The van der Waals surface area contributed by atoms with Crippen LogP contribution in [0.2, 0.25) is 0 Å². The van der Waals surface area contributed by atoms with E-state index in [9.17, 15) is 13.6 Å². The first-order valence-electron chi connectivity index (χ1n) is 4.29. The quantitative estimate of drug-likeness (QED) is 0.733. The Morgan fingerprint density at radius 2 is 1.93 bits per heavy atom. The van der Waals surface area contributed by atoms with Crippen molar-refractivity contribution in [1.29, 1.82) is 0 Å². The number of halogens is 3. The lowest BCUT2D eigenvalue weighted by atomic mass is 10.2. The number of hydrogen-bond donors (Lipinski definition) is 0. The second kappa shape index (κ2) is 5.07. The molecule has 1 aromatic carbocycles. The van der Waals surface area contributed by atoms with Gasteiger partial charge in [0.15, 0.2) is 0 Å². The van der Waals surface area contributed by atoms with Gasteiger partial charge in [-0.15, -0.1) is 11.6 Å². The van der Waals surface area contributed by atoms with Crippen molar-refractivity contribution in [2.24, 2.45) is 0 Å². The topological polar surface area (TPSA) is 20.3 Å². The maximum absolute atomic E-state index is 13.2. The second-order valence-corrected chi connectivity index (χ2v) is 3.35. The zero-order valence-electron chi connectivity index (χ0n) is 8.14. The van der Waals surface area contributed by atoms with Crippen LogP contribution in [0.1, 0.15) is 5.56 Å². The van der Waals surface area contributed by atoms with Gasteiger partial charge in [0, 0.05) is 12.6 Å². The lowest BCUT2D eigenvalue weighted by Crippen LogP contribution is -2.28. The van der Waals surface area contributed by atoms with Crippen molar-refractivity contribution in [1.82, 2.24) is 4.90 Å². The van der Waals surface area contributed by atoms with Gasteiger partial charge in [-0.1, -0.05) is 6.07 Å². The van der Waals surface area contributed by atoms with Crippen LogP contribution in [0.15, 0.2) is 18.2 Å². The van der Waals surface area contributed by atoms with E-state index >= 15 is 0 Å². The van der Waals surface area contributed by atoms with Crippen molar-refractivity contribution >= 4 is 17.5 Å². The van der Waals surface area contributed by atoms with Crippen molar-refractivity contribution in [3.8, 4) is 0 Å². The van der Waals surface area contributed by atoms with Gasteiger partial charge in [0.05, 0.1) is 6.54 Å². The second-order valence-electron chi connectivity index (χ2n) is 3.08. The lowest BCUT2D eigenvalue weighted by Gasteiger charge is -2.16. The zero-order valence-corrected chi connectivity index (χ0v) is 8.89. The molecular weight excluding hydrogens is 224 g/mol. The van der Waals surface area contributed by atoms with Crippen molar-refractivity contribution in [3.63, 3.8) is 0 Å². The van der Waals surface area contributed by atoms with Crippen LogP contribution in [0.25, 0.3) is 0 Å². The molecule has 1 rings (SSSR count). The minimum Gasteiger partial charge on any atom is -0.340 e. The first-order chi connectivity index (χ1) is 7.06. The van der Waals surface area contributed by atoms with Crippen LogP contribution in [0.5, 0.6) is 0 Å². The largest absolute Gasteiger partial charge is 0.340 e. The third-order valence-corrected chi connectivity index (χ3v) is 2.23. The summed E-state index contributed by atoms with van der Waals surface area (Å²) in [5, 5.41) is 0. The Bertz CT molecular complexity index is 350. The van der Waals surface area contributed by atoms with E-state index in [1.807, 2.05) is 0 Å². The molecule has 0 atom stereocenters. The smallest absolute Gasteiger partial charge is 0.237 e. The summed E-state index contributed by atoms with van der Waals surface area (Å²) < 4.78 is 26.3. The predicted molar refractivity (Wildman–Crippen MR) is 53.6 cm³/mol. The zero-order chi connectivity index (χ0) is 11.4. The van der Waals surface area contributed by atoms with E-state index < -0.39 is 11.6 Å². The molecule has 0 aliphatic carbocycles. The van der Waals surface area contributed by atoms with Gasteiger partial charge in [-0.2, -0.15) is 0 Å². The number of alkyl halides is 1. The van der Waals surface area contributed by atoms with E-state index in [1.54, 1.807) is 0 Å². The lowest BCUT2D eigenvalue weighted by molar-refractivity contribution is -0.127. The molecule has 0 fully saturated rings. The molecule has 0 aromatic heterocycles. The Labute approximate surface area is 91.4 Å². The standard InChI is InChI=1S/C10H10ClF2NO/c1-14(10(15)5-11)6-7-8(12)3-2-4-9(7)13/h2-4H,5-6H2,1H3. The molecule has 0 saturated heterocycles. The summed E-state index contributed by atoms with van der Waals surface area (Å²) >= 11 is 5.31. The molecule has 0 heterocycles. The summed E-state index contributed by atoms with van der Waals surface area (Å²) in [4.78, 5) is 12.3. The van der Waals surface area contributed by atoms with Gasteiger partial charge >= 0.3 is 0 Å². The minimum absolute atomic E-state index is 0.121. The van der Waals surface area contributed by atoms with Gasteiger partial charge < -0.3 is 4.90 Å². The highest BCUT2D eigenvalue weighted by Gasteiger charge is 2.13. The van der Waals surface area contributed by atoms with Gasteiger partial charge in [0.1, 0.15) is 17.5 Å². The predicted octanol–water partition coefficient (Wildman–Crippen LogP) is 2.16. The Morgan fingerprint density at radius 3 is 2.40 bits per heavy atom. The van der Waals surface area contributed by atoms with Crippen LogP contribution in [-0.4, -0.2) is 23.7 Å². The highest BCUT2D eigenvalue weighted by atomic mass is 35.5. The molecule has 0 spiro atoms. The normalized spacial score (nSPS) is 10.1. The molecule has 1 amide bonds. The van der Waals surface area contributed by atoms with Crippen LogP contribution < -0.4 is 0 Å². The van der Waals surface area contributed by atoms with Crippen LogP contribution in [0.4, 0.5) is 8.78 Å². The third kappa shape index (κ3) is 2.89. The van der Waals surface area contributed by atoms with Gasteiger partial charge in [-0.3, -0.25) is 4.79 Å². The fourth-order valence-electron chi connectivity index (χ4n) is 1.11. The van der Waals surface area contributed by atoms with E-state index in [1.165, 1.54) is 18.0 Å². The third-order valence-electron chi connectivity index (χ3n) is 2.00. The molecule has 0 bridgehead atoms. The number of rotatable bonds is 3. The SMILES string of the molecule is CN(Cc1c(F)cccc1F)C(=O)CCl. The van der Waals surface area contributed by atoms with Gasteiger partial charge in [0.25, 0.3) is 0 Å². The van der Waals surface area contributed by atoms with E-state index in [0.29, 0.717) is 0 Å². The summed E-state index contributed by atoms with van der Waals surface area (Å²) in [7, 11) is 1.44. The van der Waals surface area contributed by atoms with E-state index in [2.05, 4.69) is 0 Å². The minimum atomic E-state index is -0.663. The average Bonchev–Trinajstić information content (AvgIpc) is 2.22. The molecular formula is C10H10ClF2NO. The molecule has 0 aliphatic heterocycles. The summed E-state index contributed by atoms with van der Waals surface area (Å²) in [6, 6.07) is 3.58. The van der Waals surface area contributed by atoms with Gasteiger partial charge in [-0.25, -0.2) is 8.78 Å². The summed E-state index contributed by atoms with van der Waals surface area (Å²) in [6.07, 6.45) is 0. The molecule has 15 heavy (non-hydrogen) atoms. The average molecular weight is 234 g/mol. The summed E-state index contributed by atoms with van der Waals surface area (Å²) in [6.45, 7) is -0.121. The highest BCUT2D eigenvalue weighted by molar-refractivity contribution is 6.27. The molecule has 1 aromatic rings. The maximum Gasteiger partial charge on any atom is 0.237 e. The van der Waals surface area contributed by atoms with Crippen LogP contribution in [-0.2, 0) is 11.3 Å². The van der Waals surface area contributed by atoms with Gasteiger partial charge in [-0.05, 0) is 12.1 Å². The molecule has 0 radical (unpaired) electrons. The van der Waals surface area contributed by atoms with E-state index in [0.717, 1.165) is 12.1 Å². The highest BCUT2D eigenvalue weighted by Crippen LogP contribution is 2.13. The molecule has 5 heteroatoms. The molecule has 0 unspecified atom stereocenters. The number of amides is 1. The van der Waals surface area contributed by atoms with Gasteiger partial charge in [0.2, 0.25) is 5.91 Å². The van der Waals surface area contributed by atoms with Crippen molar-refractivity contribution in [2.75, 3.05) is 12.9 Å². The van der Waals surface area contributed by atoms with Crippen molar-refractivity contribution in [2.45, 2.75) is 6.54 Å². The van der Waals surface area contributed by atoms with E-state index in [-0.39, 0.29) is 23.9 Å².